The molecule has 0 heterocycles. The summed E-state index contributed by atoms with van der Waals surface area (Å²) in [5.41, 5.74) is 5.68. The summed E-state index contributed by atoms with van der Waals surface area (Å²) in [5, 5.41) is 0. The van der Waals surface area contributed by atoms with Crippen LogP contribution in [-0.2, 0) is 0 Å². The number of hydrogen-bond donors (Lipinski definition) is 1. The molecule has 0 spiro atoms. The first kappa shape index (κ1) is 13.3. The SMILES string of the molecule is NCC1CCC(CCOc2ccccc2F)CC1. The zero-order valence-electron chi connectivity index (χ0n) is 10.8. The van der Waals surface area contributed by atoms with E-state index in [0.717, 1.165) is 18.9 Å². The van der Waals surface area contributed by atoms with Gasteiger partial charge in [0, 0.05) is 0 Å². The van der Waals surface area contributed by atoms with Crippen LogP contribution < -0.4 is 10.5 Å². The number of ether oxygens (including phenoxy) is 1. The van der Waals surface area contributed by atoms with E-state index in [2.05, 4.69) is 0 Å². The fourth-order valence-corrected chi connectivity index (χ4v) is 2.65. The maximum Gasteiger partial charge on any atom is 0.165 e. The predicted octanol–water partition coefficient (Wildman–Crippen LogP) is 3.36. The molecular weight excluding hydrogens is 229 g/mol. The summed E-state index contributed by atoms with van der Waals surface area (Å²) in [6.45, 7) is 1.43. The van der Waals surface area contributed by atoms with Crippen molar-refractivity contribution in [3.05, 3.63) is 30.1 Å². The normalized spacial score (nSPS) is 23.9. The average Bonchev–Trinajstić information content (AvgIpc) is 2.42. The van der Waals surface area contributed by atoms with E-state index < -0.39 is 0 Å². The molecule has 1 aliphatic rings. The average molecular weight is 251 g/mol. The Morgan fingerprint density at radius 1 is 1.11 bits per heavy atom. The van der Waals surface area contributed by atoms with Crippen LogP contribution in [0.5, 0.6) is 5.75 Å². The maximum atomic E-state index is 13.3. The van der Waals surface area contributed by atoms with Gasteiger partial charge in [-0.15, -0.1) is 0 Å². The quantitative estimate of drug-likeness (QED) is 0.871. The zero-order chi connectivity index (χ0) is 12.8. The molecule has 0 atom stereocenters. The van der Waals surface area contributed by atoms with Crippen molar-refractivity contribution in [2.75, 3.05) is 13.2 Å². The van der Waals surface area contributed by atoms with Crippen molar-refractivity contribution in [2.45, 2.75) is 32.1 Å². The van der Waals surface area contributed by atoms with Crippen molar-refractivity contribution < 1.29 is 9.13 Å². The second-order valence-corrected chi connectivity index (χ2v) is 5.19. The fraction of sp³-hybridized carbons (Fsp3) is 0.600. The first-order valence-electron chi connectivity index (χ1n) is 6.87. The molecule has 3 heteroatoms. The molecule has 2 nitrogen and oxygen atoms in total. The number of halogens is 1. The van der Waals surface area contributed by atoms with E-state index in [1.165, 1.54) is 31.7 Å². The second-order valence-electron chi connectivity index (χ2n) is 5.19. The van der Waals surface area contributed by atoms with Crippen LogP contribution in [0.15, 0.2) is 24.3 Å². The lowest BCUT2D eigenvalue weighted by Crippen LogP contribution is -2.22. The van der Waals surface area contributed by atoms with Gasteiger partial charge in [0.2, 0.25) is 0 Å². The van der Waals surface area contributed by atoms with E-state index >= 15 is 0 Å². The summed E-state index contributed by atoms with van der Waals surface area (Å²) < 4.78 is 18.8. The zero-order valence-corrected chi connectivity index (χ0v) is 10.8. The van der Waals surface area contributed by atoms with Gasteiger partial charge in [-0.25, -0.2) is 4.39 Å². The summed E-state index contributed by atoms with van der Waals surface area (Å²) >= 11 is 0. The van der Waals surface area contributed by atoms with Gasteiger partial charge in [-0.05, 0) is 49.8 Å². The minimum absolute atomic E-state index is 0.274. The van der Waals surface area contributed by atoms with Crippen molar-refractivity contribution in [1.82, 2.24) is 0 Å². The van der Waals surface area contributed by atoms with Crippen molar-refractivity contribution in [3.63, 3.8) is 0 Å². The Kier molecular flexibility index (Phi) is 5.00. The highest BCUT2D eigenvalue weighted by atomic mass is 19.1. The third-order valence-electron chi connectivity index (χ3n) is 3.92. The van der Waals surface area contributed by atoms with Crippen LogP contribution in [0.3, 0.4) is 0 Å². The first-order chi connectivity index (χ1) is 8.79. The topological polar surface area (TPSA) is 35.2 Å². The molecule has 1 aliphatic carbocycles. The van der Waals surface area contributed by atoms with E-state index in [4.69, 9.17) is 10.5 Å². The van der Waals surface area contributed by atoms with E-state index in [1.54, 1.807) is 18.2 Å². The minimum Gasteiger partial charge on any atom is -0.491 e. The van der Waals surface area contributed by atoms with Crippen LogP contribution in [0.2, 0.25) is 0 Å². The number of benzene rings is 1. The molecule has 100 valence electrons. The van der Waals surface area contributed by atoms with Crippen LogP contribution in [0.1, 0.15) is 32.1 Å². The van der Waals surface area contributed by atoms with Crippen LogP contribution in [0.4, 0.5) is 4.39 Å². The lowest BCUT2D eigenvalue weighted by Gasteiger charge is -2.27. The molecule has 0 aliphatic heterocycles. The van der Waals surface area contributed by atoms with Gasteiger partial charge >= 0.3 is 0 Å². The third-order valence-corrected chi connectivity index (χ3v) is 3.92. The summed E-state index contributed by atoms with van der Waals surface area (Å²) in [6.07, 6.45) is 5.97. The minimum atomic E-state index is -0.274. The monoisotopic (exact) mass is 251 g/mol. The van der Waals surface area contributed by atoms with Crippen molar-refractivity contribution >= 4 is 0 Å². The summed E-state index contributed by atoms with van der Waals surface area (Å²) in [4.78, 5) is 0. The summed E-state index contributed by atoms with van der Waals surface area (Å²) in [6, 6.07) is 6.59. The third kappa shape index (κ3) is 3.70. The number of nitrogens with two attached hydrogens (primary N) is 1. The van der Waals surface area contributed by atoms with Crippen LogP contribution in [-0.4, -0.2) is 13.2 Å². The van der Waals surface area contributed by atoms with Crippen LogP contribution in [0, 0.1) is 17.7 Å². The van der Waals surface area contributed by atoms with E-state index in [0.29, 0.717) is 18.3 Å². The number of hydrogen-bond acceptors (Lipinski definition) is 2. The van der Waals surface area contributed by atoms with Gasteiger partial charge in [0.25, 0.3) is 0 Å². The first-order valence-corrected chi connectivity index (χ1v) is 6.87. The van der Waals surface area contributed by atoms with Crippen LogP contribution >= 0.6 is 0 Å². The molecule has 1 fully saturated rings. The molecule has 18 heavy (non-hydrogen) atoms. The van der Waals surface area contributed by atoms with Gasteiger partial charge < -0.3 is 10.5 Å². The Labute approximate surface area is 108 Å². The molecule has 0 unspecified atom stereocenters. The highest BCUT2D eigenvalue weighted by molar-refractivity contribution is 5.23. The number of para-hydroxylation sites is 1. The molecule has 1 aromatic carbocycles. The van der Waals surface area contributed by atoms with E-state index in [9.17, 15) is 4.39 Å². The largest absolute Gasteiger partial charge is 0.491 e. The lowest BCUT2D eigenvalue weighted by molar-refractivity contribution is 0.215. The Balaban J connectivity index is 1.69. The van der Waals surface area contributed by atoms with Gasteiger partial charge in [0.1, 0.15) is 0 Å². The molecule has 0 saturated heterocycles. The number of rotatable bonds is 5. The van der Waals surface area contributed by atoms with Gasteiger partial charge in [-0.2, -0.15) is 0 Å². The van der Waals surface area contributed by atoms with Crippen LogP contribution in [0.25, 0.3) is 0 Å². The molecule has 2 N–H and O–H groups in total. The predicted molar refractivity (Wildman–Crippen MR) is 71.0 cm³/mol. The molecule has 0 radical (unpaired) electrons. The van der Waals surface area contributed by atoms with E-state index in [-0.39, 0.29) is 5.82 Å². The summed E-state index contributed by atoms with van der Waals surface area (Å²) in [7, 11) is 0. The molecule has 1 saturated carbocycles. The van der Waals surface area contributed by atoms with Gasteiger partial charge in [-0.3, -0.25) is 0 Å². The molecular formula is C15H22FNO. The van der Waals surface area contributed by atoms with Gasteiger partial charge in [0.15, 0.2) is 11.6 Å². The Morgan fingerprint density at radius 2 is 1.78 bits per heavy atom. The smallest absolute Gasteiger partial charge is 0.165 e. The van der Waals surface area contributed by atoms with Crippen molar-refractivity contribution in [1.29, 1.82) is 0 Å². The van der Waals surface area contributed by atoms with Gasteiger partial charge in [0.05, 0.1) is 6.61 Å². The van der Waals surface area contributed by atoms with Crippen molar-refractivity contribution in [3.8, 4) is 5.75 Å². The molecule has 0 bridgehead atoms. The Bertz CT molecular complexity index is 361. The lowest BCUT2D eigenvalue weighted by atomic mass is 9.81. The standard InChI is InChI=1S/C15H22FNO/c16-14-3-1-2-4-15(14)18-10-9-12-5-7-13(11-17)8-6-12/h1-4,12-13H,5-11,17H2. The van der Waals surface area contributed by atoms with E-state index in [1.807, 2.05) is 0 Å². The fourth-order valence-electron chi connectivity index (χ4n) is 2.65. The second kappa shape index (κ2) is 6.74. The molecule has 2 rings (SSSR count). The van der Waals surface area contributed by atoms with Gasteiger partial charge in [-0.1, -0.05) is 25.0 Å². The highest BCUT2D eigenvalue weighted by Crippen LogP contribution is 2.30. The molecule has 0 aromatic heterocycles. The molecule has 1 aromatic rings. The maximum absolute atomic E-state index is 13.3. The molecule has 0 amide bonds. The highest BCUT2D eigenvalue weighted by Gasteiger charge is 2.20. The van der Waals surface area contributed by atoms with Crippen molar-refractivity contribution in [2.24, 2.45) is 17.6 Å². The summed E-state index contributed by atoms with van der Waals surface area (Å²) in [5.74, 6) is 1.53. The Hall–Kier alpha value is -1.09. The Morgan fingerprint density at radius 3 is 2.44 bits per heavy atom.